The fourth-order valence-electron chi connectivity index (χ4n) is 2.91. The molecule has 0 amide bonds. The van der Waals surface area contributed by atoms with E-state index in [0.717, 1.165) is 18.0 Å². The van der Waals surface area contributed by atoms with Crippen molar-refractivity contribution in [3.05, 3.63) is 0 Å². The summed E-state index contributed by atoms with van der Waals surface area (Å²) in [4.78, 5) is 0. The Morgan fingerprint density at radius 1 is 1.31 bits per heavy atom. The minimum absolute atomic E-state index is 0.793. The zero-order chi connectivity index (χ0) is 9.47. The van der Waals surface area contributed by atoms with Gasteiger partial charge in [0.15, 0.2) is 0 Å². The van der Waals surface area contributed by atoms with Crippen LogP contribution in [0.15, 0.2) is 0 Å². The van der Waals surface area contributed by atoms with E-state index in [9.17, 15) is 0 Å². The number of hydrogen-bond donors (Lipinski definition) is 1. The van der Waals surface area contributed by atoms with Crippen LogP contribution in [0.25, 0.3) is 0 Å². The van der Waals surface area contributed by atoms with Crippen LogP contribution in [0, 0.1) is 5.92 Å². The molecule has 0 aromatic rings. The number of nitrogens with one attached hydrogen (secondary N) is 1. The van der Waals surface area contributed by atoms with Gasteiger partial charge >= 0.3 is 0 Å². The minimum Gasteiger partial charge on any atom is -0.324 e. The maximum absolute atomic E-state index is 3.63. The first kappa shape index (κ1) is 9.47. The molecule has 2 aliphatic rings. The highest BCUT2D eigenvalue weighted by atomic mass is 15.4. The van der Waals surface area contributed by atoms with E-state index < -0.39 is 0 Å². The van der Waals surface area contributed by atoms with E-state index in [2.05, 4.69) is 26.2 Å². The number of rotatable bonds is 1. The normalized spacial score (nSPS) is 45.2. The van der Waals surface area contributed by atoms with Crippen molar-refractivity contribution in [2.75, 3.05) is 26.7 Å². The van der Waals surface area contributed by atoms with E-state index in [-0.39, 0.29) is 0 Å². The molecule has 13 heavy (non-hydrogen) atoms. The average molecular weight is 183 g/mol. The van der Waals surface area contributed by atoms with Gasteiger partial charge in [0.2, 0.25) is 0 Å². The van der Waals surface area contributed by atoms with E-state index in [1.807, 2.05) is 0 Å². The molecule has 2 heteroatoms. The average Bonchev–Trinajstić information content (AvgIpc) is 2.50. The van der Waals surface area contributed by atoms with Crippen molar-refractivity contribution >= 4 is 0 Å². The molecule has 76 valence electrons. The number of fused-ring (bicyclic) bond motifs is 1. The largest absolute Gasteiger partial charge is 0.324 e. The molecule has 0 aliphatic carbocycles. The first-order valence-corrected chi connectivity index (χ1v) is 5.69. The van der Waals surface area contributed by atoms with Crippen LogP contribution in [0.5, 0.6) is 0 Å². The highest BCUT2D eigenvalue weighted by molar-refractivity contribution is 4.86. The lowest BCUT2D eigenvalue weighted by Crippen LogP contribution is -2.58. The van der Waals surface area contributed by atoms with Crippen molar-refractivity contribution in [3.8, 4) is 0 Å². The molecule has 2 rings (SSSR count). The molecule has 3 atom stereocenters. The van der Waals surface area contributed by atoms with Crippen LogP contribution in [0.4, 0.5) is 0 Å². The molecule has 2 aliphatic heterocycles. The van der Waals surface area contributed by atoms with Gasteiger partial charge in [-0.25, -0.2) is 0 Å². The summed E-state index contributed by atoms with van der Waals surface area (Å²) < 4.78 is 1.29. The monoisotopic (exact) mass is 183 g/mol. The van der Waals surface area contributed by atoms with Crippen LogP contribution in [0.3, 0.4) is 0 Å². The molecule has 1 N–H and O–H groups in total. The molecule has 0 aromatic heterocycles. The van der Waals surface area contributed by atoms with Gasteiger partial charge in [-0.15, -0.1) is 0 Å². The molecule has 2 fully saturated rings. The van der Waals surface area contributed by atoms with E-state index >= 15 is 0 Å². The number of hydrogen-bond acceptors (Lipinski definition) is 1. The Morgan fingerprint density at radius 2 is 2.08 bits per heavy atom. The lowest BCUT2D eigenvalue weighted by atomic mass is 9.91. The molecule has 0 aromatic carbocycles. The third-order valence-electron chi connectivity index (χ3n) is 4.34. The molecule has 0 radical (unpaired) electrons. The number of quaternary nitrogens is 1. The summed E-state index contributed by atoms with van der Waals surface area (Å²) in [5.74, 6) is 0.959. The van der Waals surface area contributed by atoms with Crippen LogP contribution in [-0.2, 0) is 0 Å². The van der Waals surface area contributed by atoms with Crippen molar-refractivity contribution in [1.82, 2.24) is 5.32 Å². The van der Waals surface area contributed by atoms with Gasteiger partial charge in [0.25, 0.3) is 0 Å². The molecule has 2 nitrogen and oxygen atoms in total. The first-order chi connectivity index (χ1) is 6.12. The van der Waals surface area contributed by atoms with Gasteiger partial charge in [0.05, 0.1) is 26.2 Å². The van der Waals surface area contributed by atoms with Crippen LogP contribution < -0.4 is 5.32 Å². The molecular formula is C11H23N2+. The highest BCUT2D eigenvalue weighted by Gasteiger charge is 2.41. The van der Waals surface area contributed by atoms with Gasteiger partial charge in [-0.2, -0.15) is 0 Å². The van der Waals surface area contributed by atoms with Gasteiger partial charge in [-0.05, 0) is 26.8 Å². The summed E-state index contributed by atoms with van der Waals surface area (Å²) in [7, 11) is 2.43. The quantitative estimate of drug-likeness (QED) is 0.603. The third-order valence-corrected chi connectivity index (χ3v) is 4.34. The van der Waals surface area contributed by atoms with Crippen molar-refractivity contribution in [1.29, 1.82) is 0 Å². The Bertz CT molecular complexity index is 191. The van der Waals surface area contributed by atoms with Gasteiger partial charge in [0.1, 0.15) is 0 Å². The van der Waals surface area contributed by atoms with Crippen LogP contribution in [0.2, 0.25) is 0 Å². The first-order valence-electron chi connectivity index (χ1n) is 5.69. The molecule has 2 heterocycles. The second-order valence-corrected chi connectivity index (χ2v) is 5.38. The standard InChI is InChI=1S/C11H23N2/c1-9(2)13(3)7-5-11-10(8-13)4-6-12-11/h9-12H,4-8H2,1-3H3/q+1. The maximum Gasteiger partial charge on any atom is 0.0831 e. The van der Waals surface area contributed by atoms with E-state index in [0.29, 0.717) is 0 Å². The lowest BCUT2D eigenvalue weighted by molar-refractivity contribution is -0.937. The van der Waals surface area contributed by atoms with Gasteiger partial charge in [-0.1, -0.05) is 0 Å². The summed E-state index contributed by atoms with van der Waals surface area (Å²) in [6, 6.07) is 1.64. The Balaban J connectivity index is 2.04. The number of likely N-dealkylation sites (tertiary alicyclic amines) is 1. The zero-order valence-corrected chi connectivity index (χ0v) is 9.21. The predicted octanol–water partition coefficient (Wildman–Crippen LogP) is 1.22. The van der Waals surface area contributed by atoms with Crippen molar-refractivity contribution < 1.29 is 4.48 Å². The van der Waals surface area contributed by atoms with Crippen molar-refractivity contribution in [2.45, 2.75) is 38.8 Å². The smallest absolute Gasteiger partial charge is 0.0831 e. The van der Waals surface area contributed by atoms with E-state index in [1.54, 1.807) is 0 Å². The highest BCUT2D eigenvalue weighted by Crippen LogP contribution is 2.29. The molecular weight excluding hydrogens is 160 g/mol. The van der Waals surface area contributed by atoms with E-state index in [1.165, 1.54) is 37.0 Å². The Kier molecular flexibility index (Phi) is 2.37. The Morgan fingerprint density at radius 3 is 2.77 bits per heavy atom. The van der Waals surface area contributed by atoms with Gasteiger partial charge in [-0.3, -0.25) is 0 Å². The summed E-state index contributed by atoms with van der Waals surface area (Å²) in [6.07, 6.45) is 2.80. The molecule has 2 saturated heterocycles. The third kappa shape index (κ3) is 1.62. The predicted molar refractivity (Wildman–Crippen MR) is 55.6 cm³/mol. The summed E-state index contributed by atoms with van der Waals surface area (Å²) >= 11 is 0. The Hall–Kier alpha value is -0.0800. The van der Waals surface area contributed by atoms with Crippen LogP contribution in [0.1, 0.15) is 26.7 Å². The molecule has 0 bridgehead atoms. The minimum atomic E-state index is 0.793. The Labute approximate surface area is 81.9 Å². The summed E-state index contributed by atoms with van der Waals surface area (Å²) in [5, 5.41) is 3.63. The molecule has 0 spiro atoms. The second kappa shape index (κ2) is 3.25. The SMILES string of the molecule is CC(C)[N+]1(C)CCC2NCCC2C1. The topological polar surface area (TPSA) is 12.0 Å². The van der Waals surface area contributed by atoms with Crippen molar-refractivity contribution in [2.24, 2.45) is 5.92 Å². The van der Waals surface area contributed by atoms with Gasteiger partial charge in [0, 0.05) is 18.4 Å². The fourth-order valence-corrected chi connectivity index (χ4v) is 2.91. The number of piperidine rings is 1. The summed E-state index contributed by atoms with van der Waals surface area (Å²) in [5.41, 5.74) is 0. The van der Waals surface area contributed by atoms with Crippen LogP contribution in [-0.4, -0.2) is 43.2 Å². The lowest BCUT2D eigenvalue weighted by Gasteiger charge is -2.45. The van der Waals surface area contributed by atoms with E-state index in [4.69, 9.17) is 0 Å². The van der Waals surface area contributed by atoms with Crippen molar-refractivity contribution in [3.63, 3.8) is 0 Å². The number of nitrogens with zero attached hydrogens (tertiary/aromatic N) is 1. The van der Waals surface area contributed by atoms with Crippen LogP contribution >= 0.6 is 0 Å². The van der Waals surface area contributed by atoms with Gasteiger partial charge < -0.3 is 9.80 Å². The molecule has 3 unspecified atom stereocenters. The second-order valence-electron chi connectivity index (χ2n) is 5.38. The fraction of sp³-hybridized carbons (Fsp3) is 1.00. The molecule has 0 saturated carbocycles. The maximum atomic E-state index is 3.63. The zero-order valence-electron chi connectivity index (χ0n) is 9.21. The summed E-state index contributed by atoms with van der Waals surface area (Å²) in [6.45, 7) is 8.75.